The Labute approximate surface area is 128 Å². The highest BCUT2D eigenvalue weighted by Gasteiger charge is 2.12. The molecule has 0 aliphatic heterocycles. The number of nitro benzene ring substituents is 1. The summed E-state index contributed by atoms with van der Waals surface area (Å²) in [6.45, 7) is 0. The molecule has 9 heteroatoms. The molecule has 0 aliphatic carbocycles. The topological polar surface area (TPSA) is 105 Å². The smallest absolute Gasteiger partial charge is 0.274 e. The molecule has 7 nitrogen and oxygen atoms in total. The van der Waals surface area contributed by atoms with Gasteiger partial charge in [0, 0.05) is 17.7 Å². The van der Waals surface area contributed by atoms with E-state index in [2.05, 4.69) is 5.10 Å². The first-order valence-electron chi connectivity index (χ1n) is 6.14. The minimum atomic E-state index is -1.01. The second kappa shape index (κ2) is 6.60. The molecule has 0 aliphatic rings. The van der Waals surface area contributed by atoms with E-state index in [1.807, 2.05) is 5.43 Å². The van der Waals surface area contributed by atoms with E-state index in [9.17, 15) is 28.8 Å². The zero-order valence-corrected chi connectivity index (χ0v) is 11.4. The van der Waals surface area contributed by atoms with Gasteiger partial charge in [0.1, 0.15) is 17.4 Å². The van der Waals surface area contributed by atoms with Gasteiger partial charge >= 0.3 is 0 Å². The van der Waals surface area contributed by atoms with Crippen LogP contribution in [0.15, 0.2) is 41.5 Å². The summed E-state index contributed by atoms with van der Waals surface area (Å²) >= 11 is 0. The van der Waals surface area contributed by atoms with E-state index in [0.29, 0.717) is 6.07 Å². The van der Waals surface area contributed by atoms with Gasteiger partial charge in [-0.15, -0.1) is 0 Å². The van der Waals surface area contributed by atoms with E-state index in [1.165, 1.54) is 0 Å². The number of amides is 1. The highest BCUT2D eigenvalue weighted by Crippen LogP contribution is 2.21. The summed E-state index contributed by atoms with van der Waals surface area (Å²) in [4.78, 5) is 21.6. The minimum absolute atomic E-state index is 0.0285. The van der Waals surface area contributed by atoms with Crippen LogP contribution in [-0.2, 0) is 0 Å². The minimum Gasteiger partial charge on any atom is -0.507 e. The van der Waals surface area contributed by atoms with Crippen molar-refractivity contribution >= 4 is 17.8 Å². The number of hydrogen-bond acceptors (Lipinski definition) is 5. The van der Waals surface area contributed by atoms with Gasteiger partial charge in [0.25, 0.3) is 11.6 Å². The first-order valence-corrected chi connectivity index (χ1v) is 6.14. The summed E-state index contributed by atoms with van der Waals surface area (Å²) in [6.07, 6.45) is 0.942. The predicted molar refractivity (Wildman–Crippen MR) is 76.2 cm³/mol. The summed E-state index contributed by atoms with van der Waals surface area (Å²) in [5, 5.41) is 23.6. The molecule has 118 valence electrons. The van der Waals surface area contributed by atoms with Gasteiger partial charge in [-0.25, -0.2) is 14.2 Å². The van der Waals surface area contributed by atoms with Crippen molar-refractivity contribution in [2.24, 2.45) is 5.10 Å². The van der Waals surface area contributed by atoms with Crippen molar-refractivity contribution in [3.63, 3.8) is 0 Å². The van der Waals surface area contributed by atoms with Gasteiger partial charge < -0.3 is 5.11 Å². The maximum absolute atomic E-state index is 13.4. The molecule has 23 heavy (non-hydrogen) atoms. The van der Waals surface area contributed by atoms with Crippen LogP contribution in [0.5, 0.6) is 5.75 Å². The van der Waals surface area contributed by atoms with Crippen LogP contribution in [0.25, 0.3) is 0 Å². The number of carbonyl (C=O) groups excluding carboxylic acids is 1. The highest BCUT2D eigenvalue weighted by atomic mass is 19.1. The van der Waals surface area contributed by atoms with Crippen molar-refractivity contribution in [1.29, 1.82) is 0 Å². The second-order valence-corrected chi connectivity index (χ2v) is 4.32. The molecule has 1 amide bonds. The molecule has 0 heterocycles. The number of non-ortho nitro benzene ring substituents is 1. The Morgan fingerprint density at radius 3 is 2.70 bits per heavy atom. The molecule has 0 unspecified atom stereocenters. The quantitative estimate of drug-likeness (QED) is 0.512. The van der Waals surface area contributed by atoms with Gasteiger partial charge in [-0.2, -0.15) is 5.10 Å². The van der Waals surface area contributed by atoms with Crippen molar-refractivity contribution in [3.8, 4) is 5.75 Å². The van der Waals surface area contributed by atoms with E-state index in [4.69, 9.17) is 0 Å². The van der Waals surface area contributed by atoms with E-state index in [1.54, 1.807) is 0 Å². The Morgan fingerprint density at radius 1 is 1.26 bits per heavy atom. The van der Waals surface area contributed by atoms with Crippen molar-refractivity contribution < 1.29 is 23.6 Å². The number of nitrogens with zero attached hydrogens (tertiary/aromatic N) is 2. The summed E-state index contributed by atoms with van der Waals surface area (Å²) in [6, 6.07) is 5.57. The summed E-state index contributed by atoms with van der Waals surface area (Å²) in [5.41, 5.74) is 1.07. The molecule has 2 aromatic rings. The first kappa shape index (κ1) is 16.0. The average molecular weight is 321 g/mol. The predicted octanol–water partition coefficient (Wildman–Crippen LogP) is 2.34. The number of carbonyl (C=O) groups is 1. The molecule has 0 bridgehead atoms. The van der Waals surface area contributed by atoms with Crippen molar-refractivity contribution in [2.45, 2.75) is 0 Å². The average Bonchev–Trinajstić information content (AvgIpc) is 2.51. The number of nitro groups is 1. The molecule has 0 spiro atoms. The lowest BCUT2D eigenvalue weighted by Crippen LogP contribution is -2.19. The fourth-order valence-corrected chi connectivity index (χ4v) is 1.65. The lowest BCUT2D eigenvalue weighted by Gasteiger charge is -2.02. The molecule has 0 aromatic heterocycles. The lowest BCUT2D eigenvalue weighted by atomic mass is 10.2. The summed E-state index contributed by atoms with van der Waals surface area (Å²) in [7, 11) is 0. The molecule has 0 radical (unpaired) electrons. The third kappa shape index (κ3) is 3.84. The normalized spacial score (nSPS) is 10.7. The van der Waals surface area contributed by atoms with E-state index in [-0.39, 0.29) is 17.0 Å². The number of halogens is 2. The van der Waals surface area contributed by atoms with Gasteiger partial charge in [-0.3, -0.25) is 14.9 Å². The third-order valence-electron chi connectivity index (χ3n) is 2.76. The Kier molecular flexibility index (Phi) is 4.60. The van der Waals surface area contributed by atoms with Crippen LogP contribution in [0.4, 0.5) is 14.5 Å². The van der Waals surface area contributed by atoms with Crippen molar-refractivity contribution in [3.05, 3.63) is 69.3 Å². The largest absolute Gasteiger partial charge is 0.507 e. The van der Waals surface area contributed by atoms with Crippen LogP contribution in [-0.4, -0.2) is 22.2 Å². The van der Waals surface area contributed by atoms with Crippen molar-refractivity contribution in [1.82, 2.24) is 5.43 Å². The van der Waals surface area contributed by atoms with Gasteiger partial charge in [-0.1, -0.05) is 0 Å². The monoisotopic (exact) mass is 321 g/mol. The van der Waals surface area contributed by atoms with Crippen LogP contribution in [0.1, 0.15) is 15.9 Å². The van der Waals surface area contributed by atoms with Gasteiger partial charge in [0.15, 0.2) is 0 Å². The summed E-state index contributed by atoms with van der Waals surface area (Å²) in [5.74, 6) is -3.04. The molecule has 2 aromatic carbocycles. The van der Waals surface area contributed by atoms with E-state index in [0.717, 1.165) is 36.5 Å². The van der Waals surface area contributed by atoms with Crippen molar-refractivity contribution in [2.75, 3.05) is 0 Å². The number of nitrogens with one attached hydrogen (secondary N) is 1. The standard InChI is InChI=1S/C14H9F2N3O4/c15-9-1-3-12(16)11(6-9)14(21)18-17-7-8-5-10(19(22)23)2-4-13(8)20/h1-7,20H,(H,18,21). The first-order chi connectivity index (χ1) is 10.9. The Morgan fingerprint density at radius 2 is 2.00 bits per heavy atom. The molecule has 0 fully saturated rings. The fraction of sp³-hybridized carbons (Fsp3) is 0. The highest BCUT2D eigenvalue weighted by molar-refractivity contribution is 5.95. The van der Waals surface area contributed by atoms with E-state index >= 15 is 0 Å². The zero-order valence-electron chi connectivity index (χ0n) is 11.4. The Bertz CT molecular complexity index is 809. The van der Waals surface area contributed by atoms with Crippen LogP contribution >= 0.6 is 0 Å². The van der Waals surface area contributed by atoms with E-state index < -0.39 is 28.0 Å². The van der Waals surface area contributed by atoms with Gasteiger partial charge in [-0.05, 0) is 24.3 Å². The Hall–Kier alpha value is -3.36. The molecule has 0 saturated heterocycles. The lowest BCUT2D eigenvalue weighted by molar-refractivity contribution is -0.384. The maximum Gasteiger partial charge on any atom is 0.274 e. The SMILES string of the molecule is O=C(NN=Cc1cc([N+](=O)[O-])ccc1O)c1cc(F)ccc1F. The number of rotatable bonds is 4. The molecular formula is C14H9F2N3O4. The third-order valence-corrected chi connectivity index (χ3v) is 2.76. The second-order valence-electron chi connectivity index (χ2n) is 4.32. The van der Waals surface area contributed by atoms with Crippen LogP contribution < -0.4 is 5.43 Å². The van der Waals surface area contributed by atoms with Gasteiger partial charge in [0.2, 0.25) is 0 Å². The van der Waals surface area contributed by atoms with Gasteiger partial charge in [0.05, 0.1) is 16.7 Å². The number of benzene rings is 2. The fourth-order valence-electron chi connectivity index (χ4n) is 1.65. The zero-order chi connectivity index (χ0) is 17.0. The number of hydrazone groups is 1. The number of phenolic OH excluding ortho intramolecular Hbond substituents is 1. The molecule has 2 N–H and O–H groups in total. The molecule has 0 saturated carbocycles. The number of phenols is 1. The molecule has 2 rings (SSSR count). The number of hydrogen-bond donors (Lipinski definition) is 2. The van der Waals surface area contributed by atoms with Crippen LogP contribution in [0.3, 0.4) is 0 Å². The maximum atomic E-state index is 13.4. The van der Waals surface area contributed by atoms with Crippen LogP contribution in [0, 0.1) is 21.7 Å². The molecular weight excluding hydrogens is 312 g/mol. The Balaban J connectivity index is 2.15. The summed E-state index contributed by atoms with van der Waals surface area (Å²) < 4.78 is 26.4. The molecule has 0 atom stereocenters. The number of aromatic hydroxyl groups is 1. The van der Waals surface area contributed by atoms with Crippen LogP contribution in [0.2, 0.25) is 0 Å².